The Morgan fingerprint density at radius 1 is 1.07 bits per heavy atom. The second-order valence-corrected chi connectivity index (χ2v) is 8.06. The van der Waals surface area contributed by atoms with Crippen LogP contribution in [0.1, 0.15) is 47.3 Å². The quantitative estimate of drug-likeness (QED) is 0.735. The van der Waals surface area contributed by atoms with Crippen molar-refractivity contribution >= 4 is 34.5 Å². The number of carbonyl (C=O) groups is 1. The van der Waals surface area contributed by atoms with Gasteiger partial charge >= 0.3 is 0 Å². The molecule has 1 saturated heterocycles. The number of benzene rings is 1. The maximum atomic E-state index is 12.6. The van der Waals surface area contributed by atoms with Crippen molar-refractivity contribution in [3.63, 3.8) is 0 Å². The molecule has 2 aliphatic rings. The van der Waals surface area contributed by atoms with Gasteiger partial charge in [-0.1, -0.05) is 0 Å². The van der Waals surface area contributed by atoms with E-state index in [1.54, 1.807) is 6.33 Å². The molecule has 1 fully saturated rings. The Morgan fingerprint density at radius 2 is 1.89 bits per heavy atom. The third-order valence-electron chi connectivity index (χ3n) is 5.75. The zero-order chi connectivity index (χ0) is 18.9. The Labute approximate surface area is 167 Å². The van der Waals surface area contributed by atoms with Gasteiger partial charge in [0.2, 0.25) is 0 Å². The zero-order valence-corrected chi connectivity index (χ0v) is 16.4. The number of hydrogen-bond donors (Lipinski definition) is 1. The third kappa shape index (κ3) is 3.32. The first-order chi connectivity index (χ1) is 13.8. The topological polar surface area (TPSA) is 83.9 Å². The van der Waals surface area contributed by atoms with Gasteiger partial charge in [0.25, 0.3) is 5.91 Å². The summed E-state index contributed by atoms with van der Waals surface area (Å²) in [5.41, 5.74) is 4.82. The summed E-state index contributed by atoms with van der Waals surface area (Å²) in [6, 6.07) is 5.68. The second-order valence-electron chi connectivity index (χ2n) is 7.53. The van der Waals surface area contributed by atoms with Crippen LogP contribution in [0.25, 0.3) is 11.0 Å². The lowest BCUT2D eigenvalue weighted by atomic mass is 9.95. The minimum Gasteiger partial charge on any atom is -0.356 e. The largest absolute Gasteiger partial charge is 0.356 e. The molecule has 1 aliphatic carbocycles. The van der Waals surface area contributed by atoms with Gasteiger partial charge in [0, 0.05) is 36.0 Å². The van der Waals surface area contributed by atoms with Crippen molar-refractivity contribution in [1.82, 2.24) is 24.0 Å². The van der Waals surface area contributed by atoms with Gasteiger partial charge in [0.1, 0.15) is 23.2 Å². The molecular weight excluding hydrogens is 372 g/mol. The van der Waals surface area contributed by atoms with Crippen molar-refractivity contribution in [2.24, 2.45) is 0 Å². The second kappa shape index (κ2) is 7.43. The Kier molecular flexibility index (Phi) is 4.64. The Hall–Kier alpha value is -2.61. The van der Waals surface area contributed by atoms with Crippen LogP contribution >= 0.6 is 11.7 Å². The van der Waals surface area contributed by atoms with Crippen LogP contribution in [0.3, 0.4) is 0 Å². The fourth-order valence-corrected chi connectivity index (χ4v) is 4.72. The molecule has 0 spiro atoms. The molecule has 1 aromatic carbocycles. The molecular formula is C20H22N6OS. The van der Waals surface area contributed by atoms with Crippen molar-refractivity contribution < 1.29 is 4.79 Å². The summed E-state index contributed by atoms with van der Waals surface area (Å²) >= 11 is 1.17. The molecule has 0 atom stereocenters. The molecule has 2 aromatic heterocycles. The Morgan fingerprint density at radius 3 is 2.79 bits per heavy atom. The van der Waals surface area contributed by atoms with E-state index in [1.807, 2.05) is 18.2 Å². The molecule has 8 heteroatoms. The van der Waals surface area contributed by atoms with Crippen LogP contribution in [0.2, 0.25) is 0 Å². The smallest absolute Gasteiger partial charge is 0.251 e. The van der Waals surface area contributed by atoms with Gasteiger partial charge in [-0.2, -0.15) is 8.75 Å². The number of piperidine rings is 1. The van der Waals surface area contributed by atoms with Gasteiger partial charge in [-0.15, -0.1) is 0 Å². The van der Waals surface area contributed by atoms with Crippen molar-refractivity contribution in [1.29, 1.82) is 0 Å². The molecule has 3 heterocycles. The minimum atomic E-state index is -0.0345. The van der Waals surface area contributed by atoms with Crippen LogP contribution in [0.15, 0.2) is 24.5 Å². The highest BCUT2D eigenvalue weighted by Gasteiger charge is 2.25. The number of carbonyl (C=O) groups excluding carboxylic acids is 1. The number of aromatic nitrogens is 4. The summed E-state index contributed by atoms with van der Waals surface area (Å²) in [5, 5.41) is 3.18. The Balaban J connectivity index is 1.23. The predicted molar refractivity (Wildman–Crippen MR) is 109 cm³/mol. The summed E-state index contributed by atoms with van der Waals surface area (Å²) in [7, 11) is 0. The van der Waals surface area contributed by atoms with E-state index in [0.29, 0.717) is 5.56 Å². The number of anilines is 1. The lowest BCUT2D eigenvalue weighted by Gasteiger charge is -2.35. The van der Waals surface area contributed by atoms with Gasteiger partial charge in [-0.05, 0) is 56.7 Å². The molecule has 1 N–H and O–H groups in total. The molecule has 28 heavy (non-hydrogen) atoms. The number of amides is 1. The summed E-state index contributed by atoms with van der Waals surface area (Å²) in [4.78, 5) is 24.1. The number of aryl methyl sites for hydroxylation is 1. The first kappa shape index (κ1) is 17.5. The first-order valence-electron chi connectivity index (χ1n) is 9.89. The van der Waals surface area contributed by atoms with Crippen molar-refractivity contribution in [2.45, 2.75) is 44.6 Å². The van der Waals surface area contributed by atoms with Gasteiger partial charge in [-0.25, -0.2) is 9.97 Å². The van der Waals surface area contributed by atoms with Gasteiger partial charge in [-0.3, -0.25) is 4.79 Å². The summed E-state index contributed by atoms with van der Waals surface area (Å²) in [5.74, 6) is 1.07. The molecule has 0 radical (unpaired) electrons. The normalized spacial score (nSPS) is 17.5. The van der Waals surface area contributed by atoms with E-state index in [9.17, 15) is 4.79 Å². The number of nitrogens with zero attached hydrogens (tertiary/aromatic N) is 5. The number of hydrogen-bond acceptors (Lipinski definition) is 7. The van der Waals surface area contributed by atoms with Gasteiger partial charge < -0.3 is 10.2 Å². The van der Waals surface area contributed by atoms with E-state index >= 15 is 0 Å². The first-order valence-corrected chi connectivity index (χ1v) is 10.6. The molecule has 7 nitrogen and oxygen atoms in total. The van der Waals surface area contributed by atoms with E-state index in [2.05, 4.69) is 28.9 Å². The van der Waals surface area contributed by atoms with E-state index in [1.165, 1.54) is 35.8 Å². The Bertz CT molecular complexity index is 1010. The average Bonchev–Trinajstić information content (AvgIpc) is 3.22. The van der Waals surface area contributed by atoms with Crippen LogP contribution in [-0.2, 0) is 12.8 Å². The van der Waals surface area contributed by atoms with Gasteiger partial charge in [0.15, 0.2) is 0 Å². The molecule has 1 aliphatic heterocycles. The van der Waals surface area contributed by atoms with Crippen molar-refractivity contribution in [3.05, 3.63) is 41.3 Å². The number of nitrogens with one attached hydrogen (secondary N) is 1. The number of fused-ring (bicyclic) bond motifs is 2. The minimum absolute atomic E-state index is 0.0345. The van der Waals surface area contributed by atoms with E-state index in [4.69, 9.17) is 0 Å². The third-order valence-corrected chi connectivity index (χ3v) is 6.30. The highest BCUT2D eigenvalue weighted by molar-refractivity contribution is 7.00. The summed E-state index contributed by atoms with van der Waals surface area (Å²) in [6.07, 6.45) is 8.14. The van der Waals surface area contributed by atoms with Crippen molar-refractivity contribution in [3.8, 4) is 0 Å². The standard InChI is InChI=1S/C20H22N6OS/c27-20(13-5-6-17-18(11-13)25-28-24-17)23-14-7-9-26(10-8-14)19-15-3-1-2-4-16(15)21-12-22-19/h5-6,11-12,14H,1-4,7-10H2,(H,23,27). The van der Waals surface area contributed by atoms with E-state index < -0.39 is 0 Å². The van der Waals surface area contributed by atoms with Crippen LogP contribution in [0, 0.1) is 0 Å². The lowest BCUT2D eigenvalue weighted by Crippen LogP contribution is -2.45. The molecule has 0 bridgehead atoms. The SMILES string of the molecule is O=C(NC1CCN(c2ncnc3c2CCCC3)CC1)c1ccc2nsnc2c1. The van der Waals surface area contributed by atoms with Crippen LogP contribution in [-0.4, -0.2) is 43.8 Å². The van der Waals surface area contributed by atoms with Gasteiger partial charge in [0.05, 0.1) is 11.7 Å². The molecule has 1 amide bonds. The predicted octanol–water partition coefficient (Wildman–Crippen LogP) is 2.76. The fourth-order valence-electron chi connectivity index (χ4n) is 4.20. The molecule has 3 aromatic rings. The molecule has 0 unspecified atom stereocenters. The maximum Gasteiger partial charge on any atom is 0.251 e. The summed E-state index contributed by atoms with van der Waals surface area (Å²) < 4.78 is 8.40. The zero-order valence-electron chi connectivity index (χ0n) is 15.6. The van der Waals surface area contributed by atoms with E-state index in [-0.39, 0.29) is 11.9 Å². The van der Waals surface area contributed by atoms with Crippen molar-refractivity contribution in [2.75, 3.05) is 18.0 Å². The lowest BCUT2D eigenvalue weighted by molar-refractivity contribution is 0.0931. The molecule has 144 valence electrons. The van der Waals surface area contributed by atoms with Crippen LogP contribution < -0.4 is 10.2 Å². The van der Waals surface area contributed by atoms with E-state index in [0.717, 1.165) is 55.6 Å². The van der Waals surface area contributed by atoms with Crippen LogP contribution in [0.4, 0.5) is 5.82 Å². The monoisotopic (exact) mass is 394 g/mol. The number of rotatable bonds is 3. The molecule has 0 saturated carbocycles. The maximum absolute atomic E-state index is 12.6. The average molecular weight is 395 g/mol. The highest BCUT2D eigenvalue weighted by Crippen LogP contribution is 2.29. The molecule has 5 rings (SSSR count). The highest BCUT2D eigenvalue weighted by atomic mass is 32.1. The fraction of sp³-hybridized carbons (Fsp3) is 0.450. The summed E-state index contributed by atoms with van der Waals surface area (Å²) in [6.45, 7) is 1.81. The van der Waals surface area contributed by atoms with Crippen LogP contribution in [0.5, 0.6) is 0 Å².